The number of carbonyl (C=O) groups excluding carboxylic acids is 1. The number of esters is 1. The molecule has 4 saturated carbocycles. The number of hydrogen-bond acceptors (Lipinski definition) is 2. The molecule has 1 unspecified atom stereocenters. The van der Waals surface area contributed by atoms with Crippen LogP contribution in [0, 0.1) is 29.6 Å². The van der Waals surface area contributed by atoms with Gasteiger partial charge in [0.2, 0.25) is 0 Å². The normalized spacial score (nSPS) is 38.9. The van der Waals surface area contributed by atoms with E-state index in [0.717, 1.165) is 31.1 Å². The standard InChI is InChI=1S/C19H30O2/c1-3-4-5-6-7-13(2)21-19(20)18-16-9-14-8-15(11-16)12-17(18)10-14/h4-5,13-18H,3,6-12H2,1-2H3. The molecule has 2 heteroatoms. The van der Waals surface area contributed by atoms with Crippen LogP contribution in [0.1, 0.15) is 65.2 Å². The summed E-state index contributed by atoms with van der Waals surface area (Å²) in [7, 11) is 0. The van der Waals surface area contributed by atoms with Crippen LogP contribution in [0.3, 0.4) is 0 Å². The van der Waals surface area contributed by atoms with E-state index in [0.29, 0.717) is 11.8 Å². The molecule has 0 saturated heterocycles. The van der Waals surface area contributed by atoms with E-state index in [1.165, 1.54) is 32.1 Å². The highest BCUT2D eigenvalue weighted by Gasteiger charge is 2.51. The Morgan fingerprint density at radius 2 is 1.71 bits per heavy atom. The summed E-state index contributed by atoms with van der Waals surface area (Å²) in [6, 6.07) is 0. The molecule has 0 aromatic heterocycles. The van der Waals surface area contributed by atoms with Crippen molar-refractivity contribution in [2.24, 2.45) is 29.6 Å². The predicted molar refractivity (Wildman–Crippen MR) is 84.8 cm³/mol. The van der Waals surface area contributed by atoms with Gasteiger partial charge in [0.1, 0.15) is 0 Å². The molecule has 0 aromatic rings. The third-order valence-electron chi connectivity index (χ3n) is 5.96. The summed E-state index contributed by atoms with van der Waals surface area (Å²) in [6.07, 6.45) is 14.1. The van der Waals surface area contributed by atoms with Gasteiger partial charge in [-0.2, -0.15) is 0 Å². The van der Waals surface area contributed by atoms with E-state index in [1.54, 1.807) is 0 Å². The monoisotopic (exact) mass is 290 g/mol. The molecule has 1 atom stereocenters. The minimum atomic E-state index is 0.0659. The SMILES string of the molecule is CCC=CCCC(C)OC(=O)C1C2CC3CC(C2)CC1C3. The van der Waals surface area contributed by atoms with Gasteiger partial charge < -0.3 is 4.74 Å². The molecule has 4 aliphatic rings. The van der Waals surface area contributed by atoms with Crippen molar-refractivity contribution in [3.8, 4) is 0 Å². The van der Waals surface area contributed by atoms with Crippen LogP contribution >= 0.6 is 0 Å². The molecule has 0 aromatic carbocycles. The zero-order valence-electron chi connectivity index (χ0n) is 13.6. The maximum Gasteiger partial charge on any atom is 0.309 e. The average Bonchev–Trinajstić information content (AvgIpc) is 2.42. The first-order chi connectivity index (χ1) is 10.2. The zero-order valence-corrected chi connectivity index (χ0v) is 13.6. The van der Waals surface area contributed by atoms with Gasteiger partial charge in [0.05, 0.1) is 12.0 Å². The van der Waals surface area contributed by atoms with Gasteiger partial charge in [0, 0.05) is 0 Å². The van der Waals surface area contributed by atoms with Gasteiger partial charge in [0.15, 0.2) is 0 Å². The molecule has 0 aliphatic heterocycles. The quantitative estimate of drug-likeness (QED) is 0.522. The first-order valence-corrected chi connectivity index (χ1v) is 9.02. The van der Waals surface area contributed by atoms with Crippen LogP contribution in [0.25, 0.3) is 0 Å². The smallest absolute Gasteiger partial charge is 0.309 e. The lowest BCUT2D eigenvalue weighted by atomic mass is 9.52. The minimum Gasteiger partial charge on any atom is -0.462 e. The zero-order chi connectivity index (χ0) is 14.8. The number of hydrogen-bond donors (Lipinski definition) is 0. The van der Waals surface area contributed by atoms with Crippen LogP contribution in [0.2, 0.25) is 0 Å². The van der Waals surface area contributed by atoms with E-state index >= 15 is 0 Å². The average molecular weight is 290 g/mol. The lowest BCUT2D eigenvalue weighted by molar-refractivity contribution is -0.167. The summed E-state index contributed by atoms with van der Waals surface area (Å²) in [5.41, 5.74) is 0. The Labute approximate surface area is 129 Å². The lowest BCUT2D eigenvalue weighted by Gasteiger charge is -2.53. The van der Waals surface area contributed by atoms with Crippen LogP contribution in [0.15, 0.2) is 12.2 Å². The Morgan fingerprint density at radius 3 is 2.29 bits per heavy atom. The molecule has 118 valence electrons. The van der Waals surface area contributed by atoms with Gasteiger partial charge in [-0.05, 0) is 82.0 Å². The Hall–Kier alpha value is -0.790. The second-order valence-electron chi connectivity index (χ2n) is 7.66. The summed E-state index contributed by atoms with van der Waals surface area (Å²) in [4.78, 5) is 12.6. The molecule has 0 radical (unpaired) electrons. The molecule has 4 bridgehead atoms. The summed E-state index contributed by atoms with van der Waals surface area (Å²) in [5.74, 6) is 3.48. The fraction of sp³-hybridized carbons (Fsp3) is 0.842. The summed E-state index contributed by atoms with van der Waals surface area (Å²) >= 11 is 0. The van der Waals surface area contributed by atoms with Crippen molar-refractivity contribution in [1.29, 1.82) is 0 Å². The Balaban J connectivity index is 1.50. The van der Waals surface area contributed by atoms with Crippen molar-refractivity contribution in [3.63, 3.8) is 0 Å². The van der Waals surface area contributed by atoms with Crippen molar-refractivity contribution < 1.29 is 9.53 Å². The Bertz CT molecular complexity index is 370. The molecular formula is C19H30O2. The fourth-order valence-electron chi connectivity index (χ4n) is 5.26. The molecular weight excluding hydrogens is 260 g/mol. The van der Waals surface area contributed by atoms with Crippen molar-refractivity contribution in [2.45, 2.75) is 71.3 Å². The van der Waals surface area contributed by atoms with Crippen molar-refractivity contribution >= 4 is 5.97 Å². The molecule has 4 aliphatic carbocycles. The lowest BCUT2D eigenvalue weighted by Crippen LogP contribution is -2.48. The first kappa shape index (κ1) is 15.1. The van der Waals surface area contributed by atoms with Gasteiger partial charge in [0.25, 0.3) is 0 Å². The van der Waals surface area contributed by atoms with E-state index in [-0.39, 0.29) is 18.0 Å². The highest BCUT2D eigenvalue weighted by atomic mass is 16.5. The number of ether oxygens (including phenoxy) is 1. The van der Waals surface area contributed by atoms with Crippen molar-refractivity contribution in [2.75, 3.05) is 0 Å². The van der Waals surface area contributed by atoms with Gasteiger partial charge in [-0.3, -0.25) is 4.79 Å². The van der Waals surface area contributed by atoms with Crippen LogP contribution in [-0.4, -0.2) is 12.1 Å². The molecule has 0 spiro atoms. The summed E-state index contributed by atoms with van der Waals surface area (Å²) in [6.45, 7) is 4.19. The maximum atomic E-state index is 12.6. The minimum absolute atomic E-state index is 0.0659. The number of carbonyl (C=O) groups is 1. The van der Waals surface area contributed by atoms with E-state index in [1.807, 2.05) is 6.92 Å². The Kier molecular flexibility index (Phi) is 4.71. The first-order valence-electron chi connectivity index (χ1n) is 9.02. The summed E-state index contributed by atoms with van der Waals surface area (Å²) in [5, 5.41) is 0. The van der Waals surface area contributed by atoms with Gasteiger partial charge in [-0.1, -0.05) is 19.1 Å². The van der Waals surface area contributed by atoms with Gasteiger partial charge >= 0.3 is 5.97 Å². The second kappa shape index (κ2) is 6.54. The van der Waals surface area contributed by atoms with E-state index in [2.05, 4.69) is 19.1 Å². The van der Waals surface area contributed by atoms with E-state index in [4.69, 9.17) is 4.74 Å². The number of allylic oxidation sites excluding steroid dienone is 2. The largest absolute Gasteiger partial charge is 0.462 e. The van der Waals surface area contributed by atoms with Crippen molar-refractivity contribution in [3.05, 3.63) is 12.2 Å². The third-order valence-corrected chi connectivity index (χ3v) is 5.96. The molecule has 0 amide bonds. The third kappa shape index (κ3) is 3.35. The summed E-state index contributed by atoms with van der Waals surface area (Å²) < 4.78 is 5.78. The predicted octanol–water partition coefficient (Wildman–Crippen LogP) is 4.74. The highest BCUT2D eigenvalue weighted by molar-refractivity contribution is 5.73. The topological polar surface area (TPSA) is 26.3 Å². The van der Waals surface area contributed by atoms with E-state index < -0.39 is 0 Å². The Morgan fingerprint density at radius 1 is 1.10 bits per heavy atom. The molecule has 2 nitrogen and oxygen atoms in total. The molecule has 0 heterocycles. The fourth-order valence-corrected chi connectivity index (χ4v) is 5.26. The van der Waals surface area contributed by atoms with Crippen LogP contribution < -0.4 is 0 Å². The van der Waals surface area contributed by atoms with Gasteiger partial charge in [-0.15, -0.1) is 0 Å². The highest BCUT2D eigenvalue weighted by Crippen LogP contribution is 2.56. The van der Waals surface area contributed by atoms with Crippen LogP contribution in [-0.2, 0) is 9.53 Å². The second-order valence-corrected chi connectivity index (χ2v) is 7.66. The molecule has 4 fully saturated rings. The maximum absolute atomic E-state index is 12.6. The number of rotatable bonds is 6. The van der Waals surface area contributed by atoms with Crippen LogP contribution in [0.5, 0.6) is 0 Å². The van der Waals surface area contributed by atoms with Crippen molar-refractivity contribution in [1.82, 2.24) is 0 Å². The molecule has 21 heavy (non-hydrogen) atoms. The van der Waals surface area contributed by atoms with E-state index in [9.17, 15) is 4.79 Å². The molecule has 4 rings (SSSR count). The van der Waals surface area contributed by atoms with Gasteiger partial charge in [-0.25, -0.2) is 0 Å². The molecule has 0 N–H and O–H groups in total. The van der Waals surface area contributed by atoms with Crippen LogP contribution in [0.4, 0.5) is 0 Å².